The van der Waals surface area contributed by atoms with Crippen LogP contribution in [-0.4, -0.2) is 31.5 Å². The van der Waals surface area contributed by atoms with Crippen LogP contribution in [0.2, 0.25) is 0 Å². The van der Waals surface area contributed by atoms with Crippen LogP contribution in [0.1, 0.15) is 49.4 Å². The van der Waals surface area contributed by atoms with Gasteiger partial charge < -0.3 is 5.32 Å². The molecule has 0 radical (unpaired) electrons. The van der Waals surface area contributed by atoms with Crippen LogP contribution in [0.5, 0.6) is 0 Å². The molecule has 2 aromatic carbocycles. The number of anilines is 1. The molecule has 0 bridgehead atoms. The lowest BCUT2D eigenvalue weighted by Crippen LogP contribution is -2.50. The zero-order valence-electron chi connectivity index (χ0n) is 18.5. The highest BCUT2D eigenvalue weighted by Gasteiger charge is 2.34. The van der Waals surface area contributed by atoms with Gasteiger partial charge in [-0.2, -0.15) is 0 Å². The maximum Gasteiger partial charge on any atom is 0.271 e. The Morgan fingerprint density at radius 1 is 1.10 bits per heavy atom. The lowest BCUT2D eigenvalue weighted by atomic mass is 10.0. The quantitative estimate of drug-likeness (QED) is 0.461. The zero-order chi connectivity index (χ0) is 23.3. The number of nitro groups is 1. The van der Waals surface area contributed by atoms with E-state index in [1.807, 2.05) is 38.1 Å². The number of carbonyl (C=O) groups is 1. The number of carbonyl (C=O) groups excluding carboxylic acids is 1. The smallest absolute Gasteiger partial charge is 0.271 e. The van der Waals surface area contributed by atoms with Gasteiger partial charge in [-0.1, -0.05) is 49.7 Å². The van der Waals surface area contributed by atoms with Crippen molar-refractivity contribution in [3.8, 4) is 0 Å². The fourth-order valence-electron chi connectivity index (χ4n) is 3.47. The molecular weight excluding hydrogens is 418 g/mol. The minimum absolute atomic E-state index is 0.127. The van der Waals surface area contributed by atoms with E-state index < -0.39 is 26.9 Å². The van der Waals surface area contributed by atoms with Gasteiger partial charge in [-0.3, -0.25) is 19.2 Å². The summed E-state index contributed by atoms with van der Waals surface area (Å²) >= 11 is 0. The Bertz CT molecular complexity index is 1050. The lowest BCUT2D eigenvalue weighted by Gasteiger charge is -2.32. The first kappa shape index (κ1) is 24.3. The third kappa shape index (κ3) is 5.81. The summed E-state index contributed by atoms with van der Waals surface area (Å²) in [6.07, 6.45) is 1.82. The van der Waals surface area contributed by atoms with Crippen molar-refractivity contribution in [2.24, 2.45) is 0 Å². The Hall–Kier alpha value is -2.94. The van der Waals surface area contributed by atoms with Crippen LogP contribution in [0.3, 0.4) is 0 Å². The summed E-state index contributed by atoms with van der Waals surface area (Å²) < 4.78 is 26.4. The van der Waals surface area contributed by atoms with Gasteiger partial charge in [0.1, 0.15) is 6.04 Å². The molecule has 0 fully saturated rings. The third-order valence-electron chi connectivity index (χ3n) is 5.18. The van der Waals surface area contributed by atoms with E-state index in [-0.39, 0.29) is 23.8 Å². The van der Waals surface area contributed by atoms with Gasteiger partial charge in [-0.15, -0.1) is 0 Å². The van der Waals surface area contributed by atoms with Gasteiger partial charge in [0.2, 0.25) is 15.9 Å². The molecule has 1 N–H and O–H groups in total. The van der Waals surface area contributed by atoms with Gasteiger partial charge in [-0.05, 0) is 37.8 Å². The summed E-state index contributed by atoms with van der Waals surface area (Å²) in [5.74, 6) is -0.453. The fourth-order valence-corrected chi connectivity index (χ4v) is 4.73. The highest BCUT2D eigenvalue weighted by atomic mass is 32.2. The fraction of sp³-hybridized carbons (Fsp3) is 0.409. The largest absolute Gasteiger partial charge is 0.347 e. The molecule has 31 heavy (non-hydrogen) atoms. The van der Waals surface area contributed by atoms with Crippen LogP contribution in [0, 0.1) is 24.0 Å². The number of nitro benzene ring substituents is 1. The number of aryl methyl sites for hydroxylation is 2. The van der Waals surface area contributed by atoms with E-state index in [0.29, 0.717) is 12.0 Å². The second kappa shape index (κ2) is 9.91. The number of non-ortho nitro benzene ring substituents is 1. The maximum absolute atomic E-state index is 13.2. The SMILES string of the molecule is CC[C@H](NC(=O)[C@H](CC)N(c1cc([N+](=O)[O-])ccc1C)S(C)(=O)=O)c1ccc(C)cc1. The van der Waals surface area contributed by atoms with Gasteiger partial charge >= 0.3 is 0 Å². The number of benzene rings is 2. The number of hydrogen-bond acceptors (Lipinski definition) is 5. The first-order valence-electron chi connectivity index (χ1n) is 10.1. The average molecular weight is 448 g/mol. The van der Waals surface area contributed by atoms with E-state index in [0.717, 1.165) is 21.7 Å². The molecule has 0 aliphatic carbocycles. The van der Waals surface area contributed by atoms with Crippen molar-refractivity contribution in [1.82, 2.24) is 5.32 Å². The van der Waals surface area contributed by atoms with Crippen LogP contribution in [-0.2, 0) is 14.8 Å². The van der Waals surface area contributed by atoms with E-state index >= 15 is 0 Å². The topological polar surface area (TPSA) is 110 Å². The molecular formula is C22H29N3O5S. The normalized spacial score (nSPS) is 13.3. The van der Waals surface area contributed by atoms with Crippen LogP contribution in [0.4, 0.5) is 11.4 Å². The highest BCUT2D eigenvalue weighted by Crippen LogP contribution is 2.30. The second-order valence-electron chi connectivity index (χ2n) is 7.59. The molecule has 0 saturated heterocycles. The monoisotopic (exact) mass is 447 g/mol. The summed E-state index contributed by atoms with van der Waals surface area (Å²) in [5, 5.41) is 14.2. The average Bonchev–Trinajstić information content (AvgIpc) is 2.70. The van der Waals surface area contributed by atoms with Gasteiger partial charge in [0, 0.05) is 12.1 Å². The molecule has 0 aliphatic heterocycles. The van der Waals surface area contributed by atoms with Crippen molar-refractivity contribution in [2.75, 3.05) is 10.6 Å². The van der Waals surface area contributed by atoms with Crippen molar-refractivity contribution in [1.29, 1.82) is 0 Å². The van der Waals surface area contributed by atoms with E-state index in [4.69, 9.17) is 0 Å². The van der Waals surface area contributed by atoms with Crippen molar-refractivity contribution in [2.45, 2.75) is 52.6 Å². The zero-order valence-corrected chi connectivity index (χ0v) is 19.3. The summed E-state index contributed by atoms with van der Waals surface area (Å²) in [6.45, 7) is 7.28. The van der Waals surface area contributed by atoms with E-state index in [9.17, 15) is 23.3 Å². The number of nitrogens with one attached hydrogen (secondary N) is 1. The van der Waals surface area contributed by atoms with E-state index in [2.05, 4.69) is 5.32 Å². The molecule has 0 aromatic heterocycles. The van der Waals surface area contributed by atoms with Crippen LogP contribution in [0.25, 0.3) is 0 Å². The number of hydrogen-bond donors (Lipinski definition) is 1. The first-order valence-corrected chi connectivity index (χ1v) is 12.0. The number of nitrogens with zero attached hydrogens (tertiary/aromatic N) is 2. The van der Waals surface area contributed by atoms with Gasteiger partial charge in [-0.25, -0.2) is 8.42 Å². The Kier molecular flexibility index (Phi) is 7.78. The Morgan fingerprint density at radius 2 is 1.71 bits per heavy atom. The van der Waals surface area contributed by atoms with Crippen molar-refractivity contribution in [3.05, 3.63) is 69.3 Å². The van der Waals surface area contributed by atoms with Gasteiger partial charge in [0.05, 0.1) is 22.9 Å². The Morgan fingerprint density at radius 3 is 2.19 bits per heavy atom. The number of rotatable bonds is 9. The highest BCUT2D eigenvalue weighted by molar-refractivity contribution is 7.92. The van der Waals surface area contributed by atoms with E-state index in [1.165, 1.54) is 18.2 Å². The molecule has 0 spiro atoms. The number of sulfonamides is 1. The molecule has 1 amide bonds. The van der Waals surface area contributed by atoms with Crippen molar-refractivity contribution >= 4 is 27.3 Å². The third-order valence-corrected chi connectivity index (χ3v) is 6.34. The molecule has 0 heterocycles. The van der Waals surface area contributed by atoms with Crippen LogP contribution < -0.4 is 9.62 Å². The number of amides is 1. The van der Waals surface area contributed by atoms with Crippen LogP contribution in [0.15, 0.2) is 42.5 Å². The Balaban J connectivity index is 2.45. The van der Waals surface area contributed by atoms with Gasteiger partial charge in [0.15, 0.2) is 0 Å². The molecule has 2 atom stereocenters. The Labute approximate surface area is 183 Å². The summed E-state index contributed by atoms with van der Waals surface area (Å²) in [7, 11) is -3.90. The summed E-state index contributed by atoms with van der Waals surface area (Å²) in [4.78, 5) is 23.9. The molecule has 168 valence electrons. The summed E-state index contributed by atoms with van der Waals surface area (Å²) in [6, 6.07) is 10.4. The van der Waals surface area contributed by atoms with Crippen molar-refractivity contribution in [3.63, 3.8) is 0 Å². The second-order valence-corrected chi connectivity index (χ2v) is 9.45. The molecule has 0 unspecified atom stereocenters. The van der Waals surface area contributed by atoms with Gasteiger partial charge in [0.25, 0.3) is 5.69 Å². The molecule has 2 rings (SSSR count). The predicted molar refractivity (Wildman–Crippen MR) is 122 cm³/mol. The molecule has 0 saturated carbocycles. The molecule has 2 aromatic rings. The minimum Gasteiger partial charge on any atom is -0.347 e. The maximum atomic E-state index is 13.2. The first-order chi connectivity index (χ1) is 14.5. The van der Waals surface area contributed by atoms with E-state index in [1.54, 1.807) is 13.8 Å². The minimum atomic E-state index is -3.90. The molecule has 8 nitrogen and oxygen atoms in total. The lowest BCUT2D eigenvalue weighted by molar-refractivity contribution is -0.384. The standard InChI is InChI=1S/C22H29N3O5S/c1-6-19(17-11-8-15(3)9-12-17)23-22(26)20(7-2)24(31(5,29)30)21-14-18(25(27)28)13-10-16(21)4/h8-14,19-20H,6-7H2,1-5H3,(H,23,26)/t19-,20-/m0/s1. The predicted octanol–water partition coefficient (Wildman–Crippen LogP) is 4.02. The van der Waals surface area contributed by atoms with Crippen LogP contribution >= 0.6 is 0 Å². The van der Waals surface area contributed by atoms with Crippen molar-refractivity contribution < 1.29 is 18.1 Å². The summed E-state index contributed by atoms with van der Waals surface area (Å²) in [5.41, 5.74) is 2.43. The molecule has 0 aliphatic rings. The molecule has 9 heteroatoms.